The Bertz CT molecular complexity index is 637. The van der Waals surface area contributed by atoms with Crippen LogP contribution in [-0.4, -0.2) is 41.0 Å². The Hall–Kier alpha value is -1.59. The molecule has 0 saturated carbocycles. The van der Waals surface area contributed by atoms with Crippen LogP contribution in [-0.2, 0) is 0 Å². The molecule has 2 rings (SSSR count). The van der Waals surface area contributed by atoms with Crippen LogP contribution in [0.15, 0.2) is 23.0 Å². The number of fused-ring (bicyclic) bond motifs is 1. The molecule has 5 nitrogen and oxygen atoms in total. The second-order valence-electron chi connectivity index (χ2n) is 4.53. The molecule has 0 aliphatic carbocycles. The van der Waals surface area contributed by atoms with E-state index in [1.807, 2.05) is 0 Å². The fourth-order valence-corrected chi connectivity index (χ4v) is 2.24. The van der Waals surface area contributed by atoms with Crippen LogP contribution in [0.25, 0.3) is 10.9 Å². The maximum atomic E-state index is 12.0. The molecule has 20 heavy (non-hydrogen) atoms. The number of anilines is 1. The number of benzene rings is 1. The third kappa shape index (κ3) is 3.49. The van der Waals surface area contributed by atoms with Gasteiger partial charge >= 0.3 is 0 Å². The van der Waals surface area contributed by atoms with Crippen molar-refractivity contribution in [1.82, 2.24) is 14.9 Å². The van der Waals surface area contributed by atoms with E-state index in [9.17, 15) is 4.79 Å². The lowest BCUT2D eigenvalue weighted by Crippen LogP contribution is -2.29. The molecule has 2 aromatic rings. The van der Waals surface area contributed by atoms with Crippen LogP contribution >= 0.6 is 11.6 Å². The van der Waals surface area contributed by atoms with Crippen molar-refractivity contribution >= 4 is 28.5 Å². The average Bonchev–Trinajstić information content (AvgIpc) is 2.44. The summed E-state index contributed by atoms with van der Waals surface area (Å²) in [7, 11) is 0. The summed E-state index contributed by atoms with van der Waals surface area (Å²) in [5.41, 5.74) is 0.464. The number of aromatic nitrogens is 2. The summed E-state index contributed by atoms with van der Waals surface area (Å²) in [5, 5.41) is 4.19. The topological polar surface area (TPSA) is 61.0 Å². The molecule has 0 unspecified atom stereocenters. The van der Waals surface area contributed by atoms with E-state index in [4.69, 9.17) is 11.6 Å². The summed E-state index contributed by atoms with van der Waals surface area (Å²) >= 11 is 5.88. The molecule has 1 heterocycles. The Balaban J connectivity index is 2.12. The van der Waals surface area contributed by atoms with Gasteiger partial charge in [0, 0.05) is 18.1 Å². The fourth-order valence-electron chi connectivity index (χ4n) is 2.07. The smallest absolute Gasteiger partial charge is 0.260 e. The van der Waals surface area contributed by atoms with E-state index < -0.39 is 0 Å². The lowest BCUT2D eigenvalue weighted by atomic mass is 10.2. The number of hydrogen-bond acceptors (Lipinski definition) is 4. The molecule has 0 fully saturated rings. The summed E-state index contributed by atoms with van der Waals surface area (Å²) in [6.07, 6.45) is 0. The van der Waals surface area contributed by atoms with Crippen LogP contribution in [0.4, 0.5) is 5.95 Å². The van der Waals surface area contributed by atoms with E-state index >= 15 is 0 Å². The molecule has 2 N–H and O–H groups in total. The van der Waals surface area contributed by atoms with Crippen molar-refractivity contribution in [3.8, 4) is 0 Å². The Labute approximate surface area is 123 Å². The molecule has 0 spiro atoms. The van der Waals surface area contributed by atoms with Gasteiger partial charge in [0.2, 0.25) is 5.95 Å². The first kappa shape index (κ1) is 14.8. The van der Waals surface area contributed by atoms with E-state index in [1.165, 1.54) is 0 Å². The van der Waals surface area contributed by atoms with Crippen molar-refractivity contribution in [2.75, 3.05) is 31.5 Å². The van der Waals surface area contributed by atoms with Crippen LogP contribution in [0.3, 0.4) is 0 Å². The number of nitrogens with zero attached hydrogens (tertiary/aromatic N) is 2. The monoisotopic (exact) mass is 294 g/mol. The lowest BCUT2D eigenvalue weighted by Gasteiger charge is -2.18. The summed E-state index contributed by atoms with van der Waals surface area (Å²) < 4.78 is 0. The number of rotatable bonds is 6. The van der Waals surface area contributed by atoms with Gasteiger partial charge in [-0.2, -0.15) is 0 Å². The SMILES string of the molecule is CCN(CC)CCNc1nc2ccc(Cl)cc2c(=O)[nH]1. The van der Waals surface area contributed by atoms with E-state index in [1.54, 1.807) is 18.2 Å². The molecule has 108 valence electrons. The van der Waals surface area contributed by atoms with Gasteiger partial charge in [0.1, 0.15) is 0 Å². The number of H-pyrrole nitrogens is 1. The molecule has 6 heteroatoms. The number of likely N-dealkylation sites (N-methyl/N-ethyl adjacent to an activating group) is 1. The first-order valence-electron chi connectivity index (χ1n) is 6.79. The largest absolute Gasteiger partial charge is 0.354 e. The van der Waals surface area contributed by atoms with Crippen LogP contribution < -0.4 is 10.9 Å². The van der Waals surface area contributed by atoms with Crippen molar-refractivity contribution < 1.29 is 0 Å². The molecule has 0 bridgehead atoms. The Morgan fingerprint density at radius 3 is 2.80 bits per heavy atom. The quantitative estimate of drug-likeness (QED) is 0.858. The molecule has 0 aliphatic heterocycles. The molecule has 1 aromatic carbocycles. The molecular weight excluding hydrogens is 276 g/mol. The predicted octanol–water partition coefficient (Wildman–Crippen LogP) is 2.33. The zero-order valence-electron chi connectivity index (χ0n) is 11.7. The maximum absolute atomic E-state index is 12.0. The highest BCUT2D eigenvalue weighted by Crippen LogP contribution is 2.15. The standard InChI is InChI=1S/C14H19ClN4O/c1-3-19(4-2)8-7-16-14-17-12-6-5-10(15)9-11(12)13(20)18-14/h5-6,9H,3-4,7-8H2,1-2H3,(H2,16,17,18,20). The first-order chi connectivity index (χ1) is 9.63. The summed E-state index contributed by atoms with van der Waals surface area (Å²) in [6, 6.07) is 5.11. The van der Waals surface area contributed by atoms with Gasteiger partial charge in [0.15, 0.2) is 0 Å². The lowest BCUT2D eigenvalue weighted by molar-refractivity contribution is 0.316. The minimum absolute atomic E-state index is 0.178. The summed E-state index contributed by atoms with van der Waals surface area (Å²) in [5.74, 6) is 0.497. The van der Waals surface area contributed by atoms with Gasteiger partial charge in [-0.25, -0.2) is 4.98 Å². The van der Waals surface area contributed by atoms with E-state index in [0.717, 1.165) is 26.2 Å². The molecular formula is C14H19ClN4O. The second kappa shape index (κ2) is 6.72. The number of hydrogen-bond donors (Lipinski definition) is 2. The molecule has 0 aliphatic rings. The predicted molar refractivity (Wildman–Crippen MR) is 83.7 cm³/mol. The van der Waals surface area contributed by atoms with Gasteiger partial charge in [-0.3, -0.25) is 9.78 Å². The Kier molecular flexibility index (Phi) is 4.98. The van der Waals surface area contributed by atoms with Crippen molar-refractivity contribution in [3.05, 3.63) is 33.6 Å². The van der Waals surface area contributed by atoms with Crippen molar-refractivity contribution in [1.29, 1.82) is 0 Å². The fraction of sp³-hybridized carbons (Fsp3) is 0.429. The van der Waals surface area contributed by atoms with E-state index in [0.29, 0.717) is 21.9 Å². The Morgan fingerprint density at radius 1 is 1.35 bits per heavy atom. The van der Waals surface area contributed by atoms with Crippen LogP contribution in [0.1, 0.15) is 13.8 Å². The van der Waals surface area contributed by atoms with Gasteiger partial charge in [-0.1, -0.05) is 25.4 Å². The van der Waals surface area contributed by atoms with E-state index in [2.05, 4.69) is 34.0 Å². The van der Waals surface area contributed by atoms with Crippen LogP contribution in [0.2, 0.25) is 5.02 Å². The number of aromatic amines is 1. The van der Waals surface area contributed by atoms with Crippen LogP contribution in [0.5, 0.6) is 0 Å². The van der Waals surface area contributed by atoms with Crippen molar-refractivity contribution in [2.45, 2.75) is 13.8 Å². The molecule has 0 radical (unpaired) electrons. The van der Waals surface area contributed by atoms with Crippen molar-refractivity contribution in [3.63, 3.8) is 0 Å². The highest BCUT2D eigenvalue weighted by Gasteiger charge is 2.05. The minimum Gasteiger partial charge on any atom is -0.354 e. The summed E-state index contributed by atoms with van der Waals surface area (Å²) in [4.78, 5) is 21.4. The van der Waals surface area contributed by atoms with Gasteiger partial charge < -0.3 is 10.2 Å². The van der Waals surface area contributed by atoms with Crippen molar-refractivity contribution in [2.24, 2.45) is 0 Å². The first-order valence-corrected chi connectivity index (χ1v) is 7.17. The normalized spacial score (nSPS) is 11.2. The third-order valence-corrected chi connectivity index (χ3v) is 3.52. The number of nitrogens with one attached hydrogen (secondary N) is 2. The molecule has 0 atom stereocenters. The minimum atomic E-state index is -0.178. The molecule has 0 saturated heterocycles. The zero-order valence-corrected chi connectivity index (χ0v) is 12.5. The van der Waals surface area contributed by atoms with Gasteiger partial charge in [0.05, 0.1) is 10.9 Å². The highest BCUT2D eigenvalue weighted by atomic mass is 35.5. The van der Waals surface area contributed by atoms with Crippen LogP contribution in [0, 0.1) is 0 Å². The highest BCUT2D eigenvalue weighted by molar-refractivity contribution is 6.31. The van der Waals surface area contributed by atoms with Gasteiger partial charge in [0.25, 0.3) is 5.56 Å². The third-order valence-electron chi connectivity index (χ3n) is 3.28. The Morgan fingerprint density at radius 2 is 2.10 bits per heavy atom. The molecule has 1 aromatic heterocycles. The average molecular weight is 295 g/mol. The van der Waals surface area contributed by atoms with Gasteiger partial charge in [-0.15, -0.1) is 0 Å². The van der Waals surface area contributed by atoms with E-state index in [-0.39, 0.29) is 5.56 Å². The second-order valence-corrected chi connectivity index (χ2v) is 4.97. The number of halogens is 1. The molecule has 0 amide bonds. The maximum Gasteiger partial charge on any atom is 0.260 e. The zero-order chi connectivity index (χ0) is 14.5. The van der Waals surface area contributed by atoms with Gasteiger partial charge in [-0.05, 0) is 31.3 Å². The summed E-state index contributed by atoms with van der Waals surface area (Å²) in [6.45, 7) is 7.93.